The first kappa shape index (κ1) is 24.5. The van der Waals surface area contributed by atoms with Gasteiger partial charge < -0.3 is 10.2 Å². The Morgan fingerprint density at radius 3 is 2.50 bits per heavy atom. The molecule has 5 rings (SSSR count). The highest BCUT2D eigenvalue weighted by Crippen LogP contribution is 2.38. The Morgan fingerprint density at radius 1 is 0.947 bits per heavy atom. The fourth-order valence-corrected chi connectivity index (χ4v) is 4.08. The summed E-state index contributed by atoms with van der Waals surface area (Å²) in [6, 6.07) is 20.9. The van der Waals surface area contributed by atoms with E-state index in [9.17, 15) is 19.8 Å². The Labute approximate surface area is 218 Å². The van der Waals surface area contributed by atoms with Crippen LogP contribution in [0.2, 0.25) is 0 Å². The van der Waals surface area contributed by atoms with Gasteiger partial charge in [0.05, 0.1) is 16.9 Å². The summed E-state index contributed by atoms with van der Waals surface area (Å²) in [7, 11) is 0. The third-order valence-electron chi connectivity index (χ3n) is 6.29. The number of para-hydroxylation sites is 1. The number of aromatic hydroxyl groups is 1. The summed E-state index contributed by atoms with van der Waals surface area (Å²) < 4.78 is 0. The van der Waals surface area contributed by atoms with Crippen LogP contribution in [0, 0.1) is 13.8 Å². The predicted octanol–water partition coefficient (Wildman–Crippen LogP) is 5.67. The average Bonchev–Trinajstić information content (AvgIpc) is 3.26. The zero-order valence-electron chi connectivity index (χ0n) is 20.6. The maximum atomic E-state index is 13.5. The summed E-state index contributed by atoms with van der Waals surface area (Å²) in [5.74, 6) is -1.66. The minimum Gasteiger partial charge on any atom is -0.505 e. The van der Waals surface area contributed by atoms with Crippen molar-refractivity contribution in [2.45, 2.75) is 19.9 Å². The SMILES string of the molecule is Cc1ccc(N2N=C(c3ccccn3)C(N=Nc3cccc(-c4cccc(C(=O)O)c4)c3O)C2=O)cc1C. The molecule has 1 unspecified atom stereocenters. The number of pyridine rings is 1. The third kappa shape index (κ3) is 4.64. The number of phenolic OH excluding ortho intramolecular Hbond substituents is 1. The van der Waals surface area contributed by atoms with Crippen molar-refractivity contribution in [1.82, 2.24) is 4.98 Å². The summed E-state index contributed by atoms with van der Waals surface area (Å²) in [5, 5.41) is 34.6. The van der Waals surface area contributed by atoms with E-state index in [4.69, 9.17) is 0 Å². The summed E-state index contributed by atoms with van der Waals surface area (Å²) in [4.78, 5) is 29.2. The number of amides is 1. The van der Waals surface area contributed by atoms with E-state index in [1.165, 1.54) is 17.1 Å². The van der Waals surface area contributed by atoms with Crippen LogP contribution in [0.3, 0.4) is 0 Å². The van der Waals surface area contributed by atoms with E-state index in [1.54, 1.807) is 54.7 Å². The van der Waals surface area contributed by atoms with Gasteiger partial charge >= 0.3 is 5.97 Å². The molecule has 38 heavy (non-hydrogen) atoms. The molecule has 1 amide bonds. The lowest BCUT2D eigenvalue weighted by atomic mass is 10.0. The fourth-order valence-electron chi connectivity index (χ4n) is 4.08. The lowest BCUT2D eigenvalue weighted by molar-refractivity contribution is -0.117. The van der Waals surface area contributed by atoms with Gasteiger partial charge in [0.25, 0.3) is 5.91 Å². The number of benzene rings is 3. The van der Waals surface area contributed by atoms with Gasteiger partial charge in [-0.2, -0.15) is 20.3 Å². The molecule has 1 aliphatic heterocycles. The number of anilines is 1. The molecule has 2 N–H and O–H groups in total. The van der Waals surface area contributed by atoms with Crippen molar-refractivity contribution in [3.05, 3.63) is 107 Å². The molecule has 1 aromatic heterocycles. The highest BCUT2D eigenvalue weighted by molar-refractivity contribution is 6.24. The van der Waals surface area contributed by atoms with Gasteiger partial charge in [-0.1, -0.05) is 36.4 Å². The van der Waals surface area contributed by atoms with Crippen LogP contribution in [0.4, 0.5) is 11.4 Å². The minimum absolute atomic E-state index is 0.0909. The molecular formula is C29H23N5O4. The molecule has 2 heterocycles. The normalized spacial score (nSPS) is 15.2. The van der Waals surface area contributed by atoms with Crippen LogP contribution < -0.4 is 5.01 Å². The van der Waals surface area contributed by atoms with Crippen molar-refractivity contribution in [2.75, 3.05) is 5.01 Å². The first-order valence-corrected chi connectivity index (χ1v) is 11.8. The maximum Gasteiger partial charge on any atom is 0.335 e. The topological polar surface area (TPSA) is 128 Å². The Bertz CT molecular complexity index is 1610. The molecule has 0 fully saturated rings. The third-order valence-corrected chi connectivity index (χ3v) is 6.29. The number of phenols is 1. The molecule has 1 aliphatic rings. The first-order valence-electron chi connectivity index (χ1n) is 11.8. The van der Waals surface area contributed by atoms with Crippen molar-refractivity contribution < 1.29 is 19.8 Å². The number of aryl methyl sites for hydroxylation is 2. The molecule has 9 heteroatoms. The van der Waals surface area contributed by atoms with Crippen molar-refractivity contribution in [3.63, 3.8) is 0 Å². The van der Waals surface area contributed by atoms with Gasteiger partial charge in [0.15, 0.2) is 11.8 Å². The summed E-state index contributed by atoms with van der Waals surface area (Å²) >= 11 is 0. The second kappa shape index (κ2) is 10.1. The minimum atomic E-state index is -1.08. The molecule has 0 saturated heterocycles. The smallest absolute Gasteiger partial charge is 0.335 e. The predicted molar refractivity (Wildman–Crippen MR) is 143 cm³/mol. The van der Waals surface area contributed by atoms with Gasteiger partial charge in [0, 0.05) is 11.8 Å². The van der Waals surface area contributed by atoms with Crippen LogP contribution >= 0.6 is 0 Å². The highest BCUT2D eigenvalue weighted by Gasteiger charge is 2.38. The Balaban J connectivity index is 1.52. The maximum absolute atomic E-state index is 13.5. The van der Waals surface area contributed by atoms with Gasteiger partial charge in [-0.25, -0.2) is 4.79 Å². The van der Waals surface area contributed by atoms with E-state index in [1.807, 2.05) is 32.0 Å². The first-order chi connectivity index (χ1) is 18.3. The molecule has 1 atom stereocenters. The molecule has 3 aromatic carbocycles. The molecule has 9 nitrogen and oxygen atoms in total. The fraction of sp³-hybridized carbons (Fsp3) is 0.103. The number of aromatic nitrogens is 1. The van der Waals surface area contributed by atoms with Gasteiger partial charge in [-0.05, 0) is 73.0 Å². The molecule has 4 aromatic rings. The molecule has 0 aliphatic carbocycles. The number of carbonyl (C=O) groups excluding carboxylic acids is 1. The Kier molecular flexibility index (Phi) is 6.49. The Hall–Kier alpha value is -5.18. The number of carboxylic acid groups (broad SMARTS) is 1. The number of carbonyl (C=O) groups is 2. The summed E-state index contributed by atoms with van der Waals surface area (Å²) in [6.45, 7) is 3.95. The van der Waals surface area contributed by atoms with Crippen LogP contribution in [0.15, 0.2) is 100 Å². The van der Waals surface area contributed by atoms with E-state index < -0.39 is 17.9 Å². The van der Waals surface area contributed by atoms with Crippen LogP contribution in [-0.2, 0) is 4.79 Å². The lowest BCUT2D eigenvalue weighted by Gasteiger charge is -2.14. The van der Waals surface area contributed by atoms with Gasteiger partial charge in [0.2, 0.25) is 0 Å². The molecule has 0 radical (unpaired) electrons. The molecule has 0 saturated carbocycles. The van der Waals surface area contributed by atoms with Crippen molar-refractivity contribution >= 4 is 29.0 Å². The number of aromatic carboxylic acids is 1. The second-order valence-corrected chi connectivity index (χ2v) is 8.80. The van der Waals surface area contributed by atoms with Crippen LogP contribution in [0.5, 0.6) is 5.75 Å². The number of hydrogen-bond acceptors (Lipinski definition) is 7. The number of rotatable bonds is 6. The standard InChI is InChI=1S/C29H23N5O4/c1-17-12-13-21(15-18(17)2)34-28(36)26(25(33-34)23-10-3-4-14-30-23)32-31-24-11-6-9-22(27(24)35)19-7-5-8-20(16-19)29(37)38/h3-16,26,35H,1-2H3,(H,37,38). The highest BCUT2D eigenvalue weighted by atomic mass is 16.4. The van der Waals surface area contributed by atoms with E-state index in [2.05, 4.69) is 20.3 Å². The van der Waals surface area contributed by atoms with Crippen LogP contribution in [-0.4, -0.2) is 38.8 Å². The number of azo groups is 1. The van der Waals surface area contributed by atoms with Crippen LogP contribution in [0.25, 0.3) is 11.1 Å². The average molecular weight is 506 g/mol. The summed E-state index contributed by atoms with van der Waals surface area (Å²) in [5.41, 5.74) is 4.65. The Morgan fingerprint density at radius 2 is 1.76 bits per heavy atom. The van der Waals surface area contributed by atoms with E-state index in [-0.39, 0.29) is 17.0 Å². The number of carboxylic acids is 1. The van der Waals surface area contributed by atoms with E-state index in [0.717, 1.165) is 11.1 Å². The van der Waals surface area contributed by atoms with Gasteiger partial charge in [-0.15, -0.1) is 0 Å². The lowest BCUT2D eigenvalue weighted by Crippen LogP contribution is -2.31. The van der Waals surface area contributed by atoms with Crippen molar-refractivity contribution in [2.24, 2.45) is 15.3 Å². The van der Waals surface area contributed by atoms with Gasteiger partial charge in [-0.3, -0.25) is 9.78 Å². The molecule has 0 spiro atoms. The van der Waals surface area contributed by atoms with Crippen molar-refractivity contribution in [3.8, 4) is 16.9 Å². The van der Waals surface area contributed by atoms with Crippen molar-refractivity contribution in [1.29, 1.82) is 0 Å². The molecular weight excluding hydrogens is 482 g/mol. The van der Waals surface area contributed by atoms with E-state index >= 15 is 0 Å². The second-order valence-electron chi connectivity index (χ2n) is 8.80. The zero-order chi connectivity index (χ0) is 26.8. The monoisotopic (exact) mass is 505 g/mol. The zero-order valence-corrected chi connectivity index (χ0v) is 20.6. The molecule has 188 valence electrons. The quantitative estimate of drug-likeness (QED) is 0.326. The number of nitrogens with zero attached hydrogens (tertiary/aromatic N) is 5. The number of hydrazone groups is 1. The van der Waals surface area contributed by atoms with Gasteiger partial charge in [0.1, 0.15) is 11.4 Å². The van der Waals surface area contributed by atoms with E-state index in [0.29, 0.717) is 28.2 Å². The molecule has 0 bridgehead atoms. The summed E-state index contributed by atoms with van der Waals surface area (Å²) in [6.07, 6.45) is 1.61. The largest absolute Gasteiger partial charge is 0.505 e. The van der Waals surface area contributed by atoms with Crippen LogP contribution in [0.1, 0.15) is 27.2 Å². The number of hydrogen-bond donors (Lipinski definition) is 2.